The number of hydrogen-bond donors (Lipinski definition) is 6. The Morgan fingerprint density at radius 3 is 2.07 bits per heavy atom. The fraction of sp³-hybridized carbons (Fsp3) is 0.267. The molecular weight excluding hydrogens is 408 g/mol. The van der Waals surface area contributed by atoms with Gasteiger partial charge in [0.1, 0.15) is 11.6 Å². The van der Waals surface area contributed by atoms with Gasteiger partial charge in [0.2, 0.25) is 11.9 Å². The summed E-state index contributed by atoms with van der Waals surface area (Å²) in [5.41, 5.74) is 18.7. The van der Waals surface area contributed by atoms with Gasteiger partial charge in [-0.3, -0.25) is 13.9 Å². The number of nitrogens with one attached hydrogen (secondary N) is 1. The van der Waals surface area contributed by atoms with Crippen LogP contribution in [0.25, 0.3) is 0 Å². The van der Waals surface area contributed by atoms with Crippen LogP contribution in [0.15, 0.2) is 29.2 Å². The standard InChI is InChI=1S/C15H20N6OS.H2O4S/c1-9(22)19-10-4-6-11(7-5-10)23-8-2-3-12-13(16)20-15(18)21-14(12)17;1-5(2,3)4/h4-7H,2-3,8H2,1H3,(H,19,22)(H6,16,17,18,20,21);(H2,1,2,3,4). The van der Waals surface area contributed by atoms with Crippen molar-refractivity contribution in [2.45, 2.75) is 24.7 Å². The summed E-state index contributed by atoms with van der Waals surface area (Å²) in [5, 5.41) is 2.74. The predicted molar refractivity (Wildman–Crippen MR) is 109 cm³/mol. The highest BCUT2D eigenvalue weighted by Crippen LogP contribution is 2.23. The van der Waals surface area contributed by atoms with E-state index in [0.29, 0.717) is 18.1 Å². The number of hydrogen-bond acceptors (Lipinski definition) is 9. The normalized spacial score (nSPS) is 10.7. The third-order valence-corrected chi connectivity index (χ3v) is 4.20. The Hall–Kier alpha value is -2.61. The zero-order chi connectivity index (χ0) is 21.3. The van der Waals surface area contributed by atoms with Crippen molar-refractivity contribution in [3.8, 4) is 0 Å². The zero-order valence-corrected chi connectivity index (χ0v) is 16.6. The van der Waals surface area contributed by atoms with E-state index in [9.17, 15) is 4.79 Å². The molecule has 0 atom stereocenters. The van der Waals surface area contributed by atoms with Gasteiger partial charge in [0.05, 0.1) is 0 Å². The van der Waals surface area contributed by atoms with E-state index in [1.54, 1.807) is 11.8 Å². The average molecular weight is 431 g/mol. The minimum Gasteiger partial charge on any atom is -0.383 e. The Morgan fingerprint density at radius 1 is 1.11 bits per heavy atom. The van der Waals surface area contributed by atoms with Crippen molar-refractivity contribution in [2.24, 2.45) is 0 Å². The zero-order valence-electron chi connectivity index (χ0n) is 15.0. The summed E-state index contributed by atoms with van der Waals surface area (Å²) >= 11 is 1.72. The molecule has 1 heterocycles. The smallest absolute Gasteiger partial charge is 0.383 e. The summed E-state index contributed by atoms with van der Waals surface area (Å²) in [4.78, 5) is 20.0. The van der Waals surface area contributed by atoms with Crippen LogP contribution in [0.1, 0.15) is 18.9 Å². The van der Waals surface area contributed by atoms with Crippen LogP contribution in [0.2, 0.25) is 0 Å². The van der Waals surface area contributed by atoms with E-state index in [4.69, 9.17) is 34.7 Å². The molecule has 0 unspecified atom stereocenters. The molecule has 1 aromatic heterocycles. The molecule has 2 aromatic rings. The third-order valence-electron chi connectivity index (χ3n) is 3.10. The molecule has 11 nitrogen and oxygen atoms in total. The molecule has 0 saturated heterocycles. The molecule has 0 radical (unpaired) electrons. The molecule has 0 bridgehead atoms. The van der Waals surface area contributed by atoms with Crippen LogP contribution in [-0.2, 0) is 21.6 Å². The number of carbonyl (C=O) groups excluding carboxylic acids is 1. The van der Waals surface area contributed by atoms with Crippen molar-refractivity contribution in [2.75, 3.05) is 28.3 Å². The number of nitrogen functional groups attached to an aromatic ring is 3. The van der Waals surface area contributed by atoms with Crippen LogP contribution in [0, 0.1) is 0 Å². The molecule has 0 fully saturated rings. The van der Waals surface area contributed by atoms with Crippen LogP contribution in [0.4, 0.5) is 23.3 Å². The van der Waals surface area contributed by atoms with Gasteiger partial charge in [-0.1, -0.05) is 0 Å². The summed E-state index contributed by atoms with van der Waals surface area (Å²) in [6.45, 7) is 1.49. The molecule has 0 aliphatic heterocycles. The number of anilines is 4. The number of amides is 1. The van der Waals surface area contributed by atoms with Crippen LogP contribution in [0.5, 0.6) is 0 Å². The van der Waals surface area contributed by atoms with Gasteiger partial charge in [-0.15, -0.1) is 11.8 Å². The van der Waals surface area contributed by atoms with Crippen LogP contribution in [0.3, 0.4) is 0 Å². The average Bonchev–Trinajstić information content (AvgIpc) is 2.52. The number of rotatable bonds is 6. The second-order valence-corrected chi connectivity index (χ2v) is 7.50. The second-order valence-electron chi connectivity index (χ2n) is 5.44. The number of benzene rings is 1. The Morgan fingerprint density at radius 2 is 1.61 bits per heavy atom. The largest absolute Gasteiger partial charge is 0.394 e. The first-order chi connectivity index (χ1) is 13.0. The quantitative estimate of drug-likeness (QED) is 0.218. The molecule has 154 valence electrons. The topological polar surface area (TPSA) is 208 Å². The molecule has 28 heavy (non-hydrogen) atoms. The minimum absolute atomic E-state index is 0.0775. The Balaban J connectivity index is 0.000000696. The molecule has 0 saturated carbocycles. The van der Waals surface area contributed by atoms with Gasteiger partial charge in [-0.2, -0.15) is 18.4 Å². The lowest BCUT2D eigenvalue weighted by Gasteiger charge is -2.08. The van der Waals surface area contributed by atoms with E-state index in [1.807, 2.05) is 24.3 Å². The Bertz CT molecular complexity index is 875. The van der Waals surface area contributed by atoms with Crippen molar-refractivity contribution in [1.82, 2.24) is 9.97 Å². The van der Waals surface area contributed by atoms with Gasteiger partial charge in [0, 0.05) is 23.1 Å². The van der Waals surface area contributed by atoms with Crippen molar-refractivity contribution < 1.29 is 22.3 Å². The maximum atomic E-state index is 11.0. The van der Waals surface area contributed by atoms with Crippen LogP contribution >= 0.6 is 11.8 Å². The number of carbonyl (C=O) groups is 1. The molecule has 13 heteroatoms. The second kappa shape index (κ2) is 10.7. The van der Waals surface area contributed by atoms with Gasteiger partial charge < -0.3 is 22.5 Å². The molecule has 1 aromatic carbocycles. The summed E-state index contributed by atoms with van der Waals surface area (Å²) in [6.07, 6.45) is 1.59. The Kier molecular flexibility index (Phi) is 8.91. The van der Waals surface area contributed by atoms with E-state index in [2.05, 4.69) is 15.3 Å². The molecule has 0 aliphatic rings. The number of nitrogens with zero attached hydrogens (tertiary/aromatic N) is 2. The molecule has 0 spiro atoms. The highest BCUT2D eigenvalue weighted by Gasteiger charge is 2.08. The van der Waals surface area contributed by atoms with E-state index in [-0.39, 0.29) is 11.9 Å². The van der Waals surface area contributed by atoms with Gasteiger partial charge in [0.15, 0.2) is 0 Å². The fourth-order valence-electron chi connectivity index (χ4n) is 2.07. The fourth-order valence-corrected chi connectivity index (χ4v) is 2.92. The SMILES string of the molecule is CC(=O)Nc1ccc(SCCCc2c(N)nc(N)nc2N)cc1.O=S(=O)(O)O. The maximum absolute atomic E-state index is 11.0. The number of thioether (sulfide) groups is 1. The minimum atomic E-state index is -4.67. The van der Waals surface area contributed by atoms with Crippen molar-refractivity contribution >= 4 is 51.3 Å². The summed E-state index contributed by atoms with van der Waals surface area (Å²) < 4.78 is 31.6. The van der Waals surface area contributed by atoms with Gasteiger partial charge >= 0.3 is 10.4 Å². The lowest BCUT2D eigenvalue weighted by atomic mass is 10.1. The summed E-state index contributed by atoms with van der Waals surface area (Å²) in [7, 11) is -4.67. The number of nitrogens with two attached hydrogens (primary N) is 3. The van der Waals surface area contributed by atoms with Crippen LogP contribution in [-0.4, -0.2) is 39.2 Å². The van der Waals surface area contributed by atoms with E-state index >= 15 is 0 Å². The van der Waals surface area contributed by atoms with Gasteiger partial charge in [0.25, 0.3) is 0 Å². The van der Waals surface area contributed by atoms with Gasteiger partial charge in [-0.25, -0.2) is 0 Å². The van der Waals surface area contributed by atoms with E-state index < -0.39 is 10.4 Å². The first kappa shape index (κ1) is 23.4. The maximum Gasteiger partial charge on any atom is 0.394 e. The highest BCUT2D eigenvalue weighted by atomic mass is 32.3. The van der Waals surface area contributed by atoms with Crippen molar-refractivity contribution in [1.29, 1.82) is 0 Å². The summed E-state index contributed by atoms with van der Waals surface area (Å²) in [5.74, 6) is 1.62. The molecule has 9 N–H and O–H groups in total. The predicted octanol–water partition coefficient (Wildman–Crippen LogP) is 1.25. The van der Waals surface area contributed by atoms with Crippen LogP contribution < -0.4 is 22.5 Å². The lowest BCUT2D eigenvalue weighted by Crippen LogP contribution is -2.09. The van der Waals surface area contributed by atoms with Crippen molar-refractivity contribution in [3.63, 3.8) is 0 Å². The third kappa shape index (κ3) is 9.91. The first-order valence-electron chi connectivity index (χ1n) is 7.83. The highest BCUT2D eigenvalue weighted by molar-refractivity contribution is 7.99. The molecule has 0 aliphatic carbocycles. The lowest BCUT2D eigenvalue weighted by molar-refractivity contribution is -0.114. The first-order valence-corrected chi connectivity index (χ1v) is 10.2. The molecule has 1 amide bonds. The summed E-state index contributed by atoms with van der Waals surface area (Å²) in [6, 6.07) is 7.72. The molecular formula is C15H22N6O5S2. The van der Waals surface area contributed by atoms with Gasteiger partial charge in [-0.05, 0) is 42.9 Å². The monoisotopic (exact) mass is 430 g/mol. The number of aromatic nitrogens is 2. The van der Waals surface area contributed by atoms with Crippen molar-refractivity contribution in [3.05, 3.63) is 29.8 Å². The van der Waals surface area contributed by atoms with E-state index in [1.165, 1.54) is 6.92 Å². The Labute approximate surface area is 166 Å². The molecule has 2 rings (SSSR count). The van der Waals surface area contributed by atoms with E-state index in [0.717, 1.165) is 28.3 Å².